The molecule has 0 aliphatic carbocycles. The third-order valence-corrected chi connectivity index (χ3v) is 4.87. The number of urea groups is 1. The second-order valence-corrected chi connectivity index (χ2v) is 7.41. The van der Waals surface area contributed by atoms with Crippen LogP contribution in [0, 0.1) is 0 Å². The van der Waals surface area contributed by atoms with E-state index in [4.69, 9.17) is 0 Å². The van der Waals surface area contributed by atoms with Crippen molar-refractivity contribution in [1.29, 1.82) is 0 Å². The molecule has 1 atom stereocenters. The average Bonchev–Trinajstić information content (AvgIpc) is 2.60. The van der Waals surface area contributed by atoms with Crippen molar-refractivity contribution in [2.45, 2.75) is 30.9 Å². The van der Waals surface area contributed by atoms with E-state index in [2.05, 4.69) is 27.5 Å². The van der Waals surface area contributed by atoms with E-state index >= 15 is 0 Å². The normalized spacial score (nSPS) is 18.8. The van der Waals surface area contributed by atoms with Crippen molar-refractivity contribution < 1.29 is 9.90 Å². The predicted molar refractivity (Wildman–Crippen MR) is 101 cm³/mol. The maximum atomic E-state index is 12.4. The molecular formula is C19H32N4O2. The Hall–Kier alpha value is -1.63. The molecule has 6 heteroatoms. The first kappa shape index (κ1) is 19.7. The summed E-state index contributed by atoms with van der Waals surface area (Å²) in [5.41, 5.74) is 0.299. The zero-order chi connectivity index (χ0) is 18.3. The number of carbonyl (C=O) groups excluding carboxylic acids is 1. The molecule has 1 saturated heterocycles. The average molecular weight is 348 g/mol. The maximum absolute atomic E-state index is 12.4. The molecule has 0 unspecified atom stereocenters. The van der Waals surface area contributed by atoms with Gasteiger partial charge in [-0.1, -0.05) is 30.3 Å². The van der Waals surface area contributed by atoms with Gasteiger partial charge in [0, 0.05) is 19.6 Å². The molecule has 1 aromatic rings. The Morgan fingerprint density at radius 3 is 2.52 bits per heavy atom. The second kappa shape index (κ2) is 9.17. The molecule has 0 saturated carbocycles. The maximum Gasteiger partial charge on any atom is 0.315 e. The number of aliphatic hydroxyl groups is 1. The second-order valence-electron chi connectivity index (χ2n) is 7.41. The summed E-state index contributed by atoms with van der Waals surface area (Å²) >= 11 is 0. The van der Waals surface area contributed by atoms with Crippen LogP contribution in [0.1, 0.15) is 30.9 Å². The summed E-state index contributed by atoms with van der Waals surface area (Å²) in [7, 11) is 6.10. The lowest BCUT2D eigenvalue weighted by atomic mass is 9.92. The SMILES string of the molecule is CN(C)CC[C@H](NC(=O)NCC1(O)CCN(C)CC1)c1ccccc1. The Morgan fingerprint density at radius 2 is 1.92 bits per heavy atom. The minimum absolute atomic E-state index is 0.0456. The molecule has 140 valence electrons. The van der Waals surface area contributed by atoms with Crippen molar-refractivity contribution in [1.82, 2.24) is 20.4 Å². The monoisotopic (exact) mass is 348 g/mol. The Labute approximate surface area is 151 Å². The van der Waals surface area contributed by atoms with Gasteiger partial charge in [0.05, 0.1) is 11.6 Å². The van der Waals surface area contributed by atoms with Gasteiger partial charge in [0.1, 0.15) is 0 Å². The number of rotatable bonds is 7. The molecule has 3 N–H and O–H groups in total. The van der Waals surface area contributed by atoms with Crippen molar-refractivity contribution in [2.24, 2.45) is 0 Å². The van der Waals surface area contributed by atoms with Gasteiger partial charge in [-0.05, 0) is 52.5 Å². The van der Waals surface area contributed by atoms with Crippen molar-refractivity contribution in [3.05, 3.63) is 35.9 Å². The summed E-state index contributed by atoms with van der Waals surface area (Å²) in [4.78, 5) is 16.7. The van der Waals surface area contributed by atoms with E-state index in [1.807, 2.05) is 44.4 Å². The van der Waals surface area contributed by atoms with Crippen LogP contribution >= 0.6 is 0 Å². The number of piperidine rings is 1. The van der Waals surface area contributed by atoms with Gasteiger partial charge < -0.3 is 25.5 Å². The lowest BCUT2D eigenvalue weighted by molar-refractivity contribution is -0.0123. The molecule has 1 aromatic carbocycles. The topological polar surface area (TPSA) is 67.8 Å². The van der Waals surface area contributed by atoms with Crippen LogP contribution in [-0.2, 0) is 0 Å². The summed E-state index contributed by atoms with van der Waals surface area (Å²) in [5, 5.41) is 16.5. The fraction of sp³-hybridized carbons (Fsp3) is 0.632. The largest absolute Gasteiger partial charge is 0.388 e. The van der Waals surface area contributed by atoms with Crippen molar-refractivity contribution in [3.63, 3.8) is 0 Å². The van der Waals surface area contributed by atoms with Gasteiger partial charge in [-0.25, -0.2) is 4.79 Å². The fourth-order valence-electron chi connectivity index (χ4n) is 3.06. The zero-order valence-corrected chi connectivity index (χ0v) is 15.7. The first-order valence-electron chi connectivity index (χ1n) is 9.03. The van der Waals surface area contributed by atoms with E-state index in [1.54, 1.807) is 0 Å². The van der Waals surface area contributed by atoms with Crippen LogP contribution in [-0.4, -0.2) is 73.9 Å². The van der Waals surface area contributed by atoms with Gasteiger partial charge in [0.15, 0.2) is 0 Å². The van der Waals surface area contributed by atoms with E-state index in [9.17, 15) is 9.90 Å². The number of likely N-dealkylation sites (tertiary alicyclic amines) is 1. The highest BCUT2D eigenvalue weighted by atomic mass is 16.3. The molecule has 1 aliphatic rings. The molecule has 1 heterocycles. The molecule has 1 fully saturated rings. The highest BCUT2D eigenvalue weighted by Crippen LogP contribution is 2.20. The van der Waals surface area contributed by atoms with Gasteiger partial charge in [0.2, 0.25) is 0 Å². The minimum atomic E-state index is -0.796. The van der Waals surface area contributed by atoms with E-state index in [-0.39, 0.29) is 12.1 Å². The zero-order valence-electron chi connectivity index (χ0n) is 15.7. The Balaban J connectivity index is 1.88. The van der Waals surface area contributed by atoms with Gasteiger partial charge in [0.25, 0.3) is 0 Å². The number of nitrogens with one attached hydrogen (secondary N) is 2. The first-order chi connectivity index (χ1) is 11.9. The van der Waals surface area contributed by atoms with Crippen LogP contribution in [0.5, 0.6) is 0 Å². The van der Waals surface area contributed by atoms with Gasteiger partial charge in [-0.3, -0.25) is 0 Å². The van der Waals surface area contributed by atoms with E-state index in [0.29, 0.717) is 19.4 Å². The first-order valence-corrected chi connectivity index (χ1v) is 9.03. The summed E-state index contributed by atoms with van der Waals surface area (Å²) in [6.07, 6.45) is 2.21. The molecule has 2 rings (SSSR count). The third-order valence-electron chi connectivity index (χ3n) is 4.87. The van der Waals surface area contributed by atoms with Crippen LogP contribution < -0.4 is 10.6 Å². The lowest BCUT2D eigenvalue weighted by Crippen LogP contribution is -2.52. The molecule has 25 heavy (non-hydrogen) atoms. The number of benzene rings is 1. The Morgan fingerprint density at radius 1 is 1.28 bits per heavy atom. The van der Waals surface area contributed by atoms with E-state index < -0.39 is 5.60 Å². The van der Waals surface area contributed by atoms with Crippen LogP contribution in [0.15, 0.2) is 30.3 Å². The number of carbonyl (C=O) groups is 1. The van der Waals surface area contributed by atoms with Crippen LogP contribution in [0.3, 0.4) is 0 Å². The summed E-state index contributed by atoms with van der Waals surface area (Å²) in [6, 6.07) is 9.74. The summed E-state index contributed by atoms with van der Waals surface area (Å²) in [5.74, 6) is 0. The number of amides is 2. The molecule has 1 aliphatic heterocycles. The predicted octanol–water partition coefficient (Wildman–Crippen LogP) is 1.44. The third kappa shape index (κ3) is 6.65. The quantitative estimate of drug-likeness (QED) is 0.697. The highest BCUT2D eigenvalue weighted by Gasteiger charge is 2.31. The molecule has 6 nitrogen and oxygen atoms in total. The number of nitrogens with zero attached hydrogens (tertiary/aromatic N) is 2. The molecule has 0 aromatic heterocycles. The van der Waals surface area contributed by atoms with E-state index in [0.717, 1.165) is 31.6 Å². The van der Waals surface area contributed by atoms with Gasteiger partial charge in [-0.2, -0.15) is 0 Å². The van der Waals surface area contributed by atoms with Crippen LogP contribution in [0.25, 0.3) is 0 Å². The Bertz CT molecular complexity index is 527. The number of hydrogen-bond donors (Lipinski definition) is 3. The van der Waals surface area contributed by atoms with Crippen LogP contribution in [0.4, 0.5) is 4.79 Å². The summed E-state index contributed by atoms with van der Waals surface area (Å²) in [6.45, 7) is 2.89. The lowest BCUT2D eigenvalue weighted by Gasteiger charge is -2.36. The molecular weight excluding hydrogens is 316 g/mol. The van der Waals surface area contributed by atoms with Crippen molar-refractivity contribution in [2.75, 3.05) is 47.3 Å². The highest BCUT2D eigenvalue weighted by molar-refractivity contribution is 5.74. The van der Waals surface area contributed by atoms with Gasteiger partial charge >= 0.3 is 6.03 Å². The van der Waals surface area contributed by atoms with Crippen molar-refractivity contribution in [3.8, 4) is 0 Å². The molecule has 0 bridgehead atoms. The van der Waals surface area contributed by atoms with E-state index in [1.165, 1.54) is 0 Å². The Kier molecular flexibility index (Phi) is 7.23. The standard InChI is InChI=1S/C19H32N4O2/c1-22(2)12-9-17(16-7-5-4-6-8-16)21-18(24)20-15-19(25)10-13-23(3)14-11-19/h4-8,17,25H,9-15H2,1-3H3,(H2,20,21,24)/t17-/m0/s1. The molecule has 0 radical (unpaired) electrons. The fourth-order valence-corrected chi connectivity index (χ4v) is 3.06. The smallest absolute Gasteiger partial charge is 0.315 e. The molecule has 2 amide bonds. The van der Waals surface area contributed by atoms with Gasteiger partial charge in [-0.15, -0.1) is 0 Å². The van der Waals surface area contributed by atoms with Crippen LogP contribution in [0.2, 0.25) is 0 Å². The van der Waals surface area contributed by atoms with Crippen molar-refractivity contribution >= 4 is 6.03 Å². The summed E-state index contributed by atoms with van der Waals surface area (Å²) < 4.78 is 0. The number of hydrogen-bond acceptors (Lipinski definition) is 4. The molecule has 0 spiro atoms. The minimum Gasteiger partial charge on any atom is -0.388 e.